The minimum Gasteiger partial charge on any atom is -0.497 e. The lowest BCUT2D eigenvalue weighted by molar-refractivity contribution is -0.119. The number of anilines is 1. The third-order valence-electron chi connectivity index (χ3n) is 4.80. The maximum absolute atomic E-state index is 12.1. The number of benzene rings is 2. The summed E-state index contributed by atoms with van der Waals surface area (Å²) in [5.74, 6) is 1.66. The monoisotopic (exact) mass is 396 g/mol. The third kappa shape index (κ3) is 7.49. The molecule has 1 amide bonds. The topological polar surface area (TPSA) is 74.8 Å². The summed E-state index contributed by atoms with van der Waals surface area (Å²) in [4.78, 5) is 16.3. The van der Waals surface area contributed by atoms with Crippen molar-refractivity contribution in [1.82, 2.24) is 10.6 Å². The quantitative estimate of drug-likeness (QED) is 0.447. The van der Waals surface area contributed by atoms with Crippen LogP contribution in [0, 0.1) is 5.92 Å². The number of guanidine groups is 1. The molecule has 6 nitrogen and oxygen atoms in total. The molecule has 0 aliphatic heterocycles. The number of carbonyl (C=O) groups is 1. The van der Waals surface area contributed by atoms with Crippen LogP contribution >= 0.6 is 0 Å². The molecule has 0 aliphatic carbocycles. The Morgan fingerprint density at radius 2 is 1.86 bits per heavy atom. The number of nitrogens with one attached hydrogen (secondary N) is 3. The maximum atomic E-state index is 12.1. The van der Waals surface area contributed by atoms with E-state index in [0.29, 0.717) is 6.54 Å². The molecule has 3 N–H and O–H groups in total. The Kier molecular flexibility index (Phi) is 9.02. The number of rotatable bonds is 9. The fraction of sp³-hybridized carbons (Fsp3) is 0.391. The van der Waals surface area contributed by atoms with Crippen molar-refractivity contribution < 1.29 is 9.53 Å². The highest BCUT2D eigenvalue weighted by atomic mass is 16.5. The average Bonchev–Trinajstić information content (AvgIpc) is 2.76. The van der Waals surface area contributed by atoms with Crippen molar-refractivity contribution in [3.8, 4) is 5.75 Å². The molecule has 0 fully saturated rings. The molecular weight excluding hydrogens is 364 g/mol. The summed E-state index contributed by atoms with van der Waals surface area (Å²) < 4.78 is 5.18. The number of hydrogen-bond donors (Lipinski definition) is 3. The SMILES string of the molecule is CCC(C)C(=O)Nc1cccc(CNC(=NC)NCCc2ccc(OC)cc2)c1. The van der Waals surface area contributed by atoms with Gasteiger partial charge in [0.15, 0.2) is 5.96 Å². The first-order valence-corrected chi connectivity index (χ1v) is 10.0. The summed E-state index contributed by atoms with van der Waals surface area (Å²) in [5, 5.41) is 9.61. The highest BCUT2D eigenvalue weighted by Gasteiger charge is 2.10. The predicted molar refractivity (Wildman–Crippen MR) is 119 cm³/mol. The van der Waals surface area contributed by atoms with Gasteiger partial charge in [0, 0.05) is 31.7 Å². The lowest BCUT2D eigenvalue weighted by Crippen LogP contribution is -2.37. The van der Waals surface area contributed by atoms with Gasteiger partial charge in [-0.3, -0.25) is 9.79 Å². The maximum Gasteiger partial charge on any atom is 0.227 e. The molecule has 0 aliphatic rings. The largest absolute Gasteiger partial charge is 0.497 e. The molecule has 0 saturated heterocycles. The van der Waals surface area contributed by atoms with Crippen LogP contribution in [0.2, 0.25) is 0 Å². The highest BCUT2D eigenvalue weighted by molar-refractivity contribution is 5.92. The van der Waals surface area contributed by atoms with Crippen LogP contribution in [-0.2, 0) is 17.8 Å². The number of carbonyl (C=O) groups excluding carboxylic acids is 1. The molecule has 2 rings (SSSR count). The number of amides is 1. The molecule has 0 radical (unpaired) electrons. The van der Waals surface area contributed by atoms with Gasteiger partial charge >= 0.3 is 0 Å². The van der Waals surface area contributed by atoms with Crippen LogP contribution in [0.3, 0.4) is 0 Å². The summed E-state index contributed by atoms with van der Waals surface area (Å²) in [6.07, 6.45) is 1.72. The average molecular weight is 397 g/mol. The van der Waals surface area contributed by atoms with E-state index in [0.717, 1.165) is 42.3 Å². The second kappa shape index (κ2) is 11.7. The van der Waals surface area contributed by atoms with Crippen molar-refractivity contribution >= 4 is 17.6 Å². The highest BCUT2D eigenvalue weighted by Crippen LogP contribution is 2.13. The summed E-state index contributed by atoms with van der Waals surface area (Å²) >= 11 is 0. The van der Waals surface area contributed by atoms with Gasteiger partial charge in [0.25, 0.3) is 0 Å². The molecule has 2 aromatic rings. The van der Waals surface area contributed by atoms with Crippen LogP contribution in [-0.4, -0.2) is 32.6 Å². The molecule has 0 saturated carbocycles. The summed E-state index contributed by atoms with van der Waals surface area (Å²) in [6.45, 7) is 5.34. The van der Waals surface area contributed by atoms with Crippen molar-refractivity contribution in [1.29, 1.82) is 0 Å². The van der Waals surface area contributed by atoms with Crippen LogP contribution in [0.5, 0.6) is 5.75 Å². The van der Waals surface area contributed by atoms with Gasteiger partial charge in [0.1, 0.15) is 5.75 Å². The second-order valence-corrected chi connectivity index (χ2v) is 6.95. The lowest BCUT2D eigenvalue weighted by atomic mass is 10.1. The lowest BCUT2D eigenvalue weighted by Gasteiger charge is -2.14. The molecule has 1 unspecified atom stereocenters. The zero-order valence-electron chi connectivity index (χ0n) is 17.8. The Morgan fingerprint density at radius 1 is 1.10 bits per heavy atom. The molecule has 1 atom stereocenters. The Bertz CT molecular complexity index is 803. The van der Waals surface area contributed by atoms with E-state index >= 15 is 0 Å². The fourth-order valence-electron chi connectivity index (χ4n) is 2.73. The van der Waals surface area contributed by atoms with Crippen molar-refractivity contribution in [3.63, 3.8) is 0 Å². The van der Waals surface area contributed by atoms with Gasteiger partial charge in [-0.25, -0.2) is 0 Å². The molecule has 2 aromatic carbocycles. The van der Waals surface area contributed by atoms with Gasteiger partial charge in [0.2, 0.25) is 5.91 Å². The molecule has 0 heterocycles. The molecular formula is C23H32N4O2. The first kappa shape index (κ1) is 22.3. The van der Waals surface area contributed by atoms with Crippen LogP contribution in [0.15, 0.2) is 53.5 Å². The second-order valence-electron chi connectivity index (χ2n) is 6.95. The number of methoxy groups -OCH3 is 1. The number of nitrogens with zero attached hydrogens (tertiary/aromatic N) is 1. The van der Waals surface area contributed by atoms with E-state index in [9.17, 15) is 4.79 Å². The minimum atomic E-state index is 0.00510. The number of aliphatic imine (C=N–C) groups is 1. The molecule has 29 heavy (non-hydrogen) atoms. The van der Waals surface area contributed by atoms with Crippen molar-refractivity contribution in [3.05, 3.63) is 59.7 Å². The first-order chi connectivity index (χ1) is 14.0. The van der Waals surface area contributed by atoms with Crippen molar-refractivity contribution in [2.24, 2.45) is 10.9 Å². The van der Waals surface area contributed by atoms with Gasteiger partial charge in [0.05, 0.1) is 7.11 Å². The van der Waals surface area contributed by atoms with Crippen molar-refractivity contribution in [2.75, 3.05) is 26.0 Å². The molecule has 156 valence electrons. The summed E-state index contributed by atoms with van der Waals surface area (Å²) in [6, 6.07) is 15.9. The van der Waals surface area contributed by atoms with Crippen LogP contribution in [0.4, 0.5) is 5.69 Å². The molecule has 0 spiro atoms. The van der Waals surface area contributed by atoms with E-state index < -0.39 is 0 Å². The minimum absolute atomic E-state index is 0.00510. The Morgan fingerprint density at radius 3 is 2.52 bits per heavy atom. The van der Waals surface area contributed by atoms with E-state index in [-0.39, 0.29) is 11.8 Å². The molecule has 6 heteroatoms. The molecule has 0 bridgehead atoms. The van der Waals surface area contributed by atoms with Gasteiger partial charge in [-0.15, -0.1) is 0 Å². The Balaban J connectivity index is 1.81. The van der Waals surface area contributed by atoms with E-state index in [1.807, 2.05) is 50.2 Å². The zero-order valence-corrected chi connectivity index (χ0v) is 17.8. The standard InChI is InChI=1S/C23H32N4O2/c1-5-17(2)22(28)27-20-8-6-7-19(15-20)16-26-23(24-3)25-14-13-18-9-11-21(29-4)12-10-18/h6-12,15,17H,5,13-14,16H2,1-4H3,(H,27,28)(H2,24,25,26). The van der Waals surface area contributed by atoms with E-state index in [1.54, 1.807) is 14.2 Å². The number of hydrogen-bond acceptors (Lipinski definition) is 3. The fourth-order valence-corrected chi connectivity index (χ4v) is 2.73. The van der Waals surface area contributed by atoms with Gasteiger partial charge in [-0.2, -0.15) is 0 Å². The van der Waals surface area contributed by atoms with Crippen molar-refractivity contribution in [2.45, 2.75) is 33.2 Å². The van der Waals surface area contributed by atoms with Crippen LogP contribution < -0.4 is 20.7 Å². The Labute approximate surface area is 173 Å². The van der Waals surface area contributed by atoms with E-state index in [1.165, 1.54) is 5.56 Å². The zero-order chi connectivity index (χ0) is 21.1. The van der Waals surface area contributed by atoms with Crippen LogP contribution in [0.25, 0.3) is 0 Å². The number of ether oxygens (including phenoxy) is 1. The summed E-state index contributed by atoms with van der Waals surface area (Å²) in [7, 11) is 3.42. The van der Waals surface area contributed by atoms with Gasteiger partial charge in [-0.05, 0) is 48.2 Å². The smallest absolute Gasteiger partial charge is 0.227 e. The predicted octanol–water partition coefficient (Wildman–Crippen LogP) is 3.59. The van der Waals surface area contributed by atoms with Gasteiger partial charge in [-0.1, -0.05) is 38.1 Å². The molecule has 0 aromatic heterocycles. The van der Waals surface area contributed by atoms with Crippen LogP contribution in [0.1, 0.15) is 31.4 Å². The first-order valence-electron chi connectivity index (χ1n) is 10.0. The normalized spacial score (nSPS) is 12.2. The summed E-state index contributed by atoms with van der Waals surface area (Å²) in [5.41, 5.74) is 3.13. The van der Waals surface area contributed by atoms with E-state index in [4.69, 9.17) is 4.74 Å². The Hall–Kier alpha value is -3.02. The van der Waals surface area contributed by atoms with E-state index in [2.05, 4.69) is 33.1 Å². The third-order valence-corrected chi connectivity index (χ3v) is 4.80. The van der Waals surface area contributed by atoms with Gasteiger partial charge < -0.3 is 20.7 Å².